The summed E-state index contributed by atoms with van der Waals surface area (Å²) in [5, 5.41) is 0. The maximum atomic E-state index is 12.4. The summed E-state index contributed by atoms with van der Waals surface area (Å²) in [6, 6.07) is 13.1. The lowest BCUT2D eigenvalue weighted by Gasteiger charge is -2.18. The predicted octanol–water partition coefficient (Wildman–Crippen LogP) is 4.07. The van der Waals surface area contributed by atoms with Crippen LogP contribution in [0, 0.1) is 0 Å². The fraction of sp³-hybridized carbons (Fsp3) is 0.133. The van der Waals surface area contributed by atoms with E-state index in [4.69, 9.17) is 5.73 Å². The second-order valence-corrected chi connectivity index (χ2v) is 6.35. The van der Waals surface area contributed by atoms with Crippen LogP contribution in [-0.2, 0) is 6.54 Å². The topological polar surface area (TPSA) is 46.3 Å². The zero-order chi connectivity index (χ0) is 14.7. The summed E-state index contributed by atoms with van der Waals surface area (Å²) in [6.07, 6.45) is 0. The molecule has 2 aromatic rings. The molecule has 0 aliphatic heterocycles. The normalized spacial score (nSPS) is 10.3. The smallest absolute Gasteiger partial charge is 0.253 e. The lowest BCUT2D eigenvalue weighted by atomic mass is 10.1. The molecular weight excluding hydrogens is 384 g/mol. The van der Waals surface area contributed by atoms with Crippen molar-refractivity contribution in [1.82, 2.24) is 4.90 Å². The van der Waals surface area contributed by atoms with Gasteiger partial charge in [0.05, 0.1) is 0 Å². The average molecular weight is 398 g/mol. The van der Waals surface area contributed by atoms with Gasteiger partial charge >= 0.3 is 0 Å². The van der Waals surface area contributed by atoms with E-state index in [9.17, 15) is 4.79 Å². The van der Waals surface area contributed by atoms with Crippen molar-refractivity contribution in [2.24, 2.45) is 0 Å². The Labute approximate surface area is 135 Å². The number of benzene rings is 2. The van der Waals surface area contributed by atoms with E-state index in [2.05, 4.69) is 31.9 Å². The van der Waals surface area contributed by atoms with Crippen molar-refractivity contribution >= 4 is 43.5 Å². The number of para-hydroxylation sites is 1. The summed E-state index contributed by atoms with van der Waals surface area (Å²) in [6.45, 7) is 0.482. The van der Waals surface area contributed by atoms with Crippen LogP contribution in [0.2, 0.25) is 0 Å². The standard InChI is InChI=1S/C15H14Br2N2O/c1-19(9-10-4-2-3-5-14(10)18)15(20)11-6-12(16)8-13(17)7-11/h2-8H,9,18H2,1H3. The van der Waals surface area contributed by atoms with Crippen LogP contribution in [0.5, 0.6) is 0 Å². The van der Waals surface area contributed by atoms with Crippen LogP contribution in [0.4, 0.5) is 5.69 Å². The first kappa shape index (κ1) is 15.1. The van der Waals surface area contributed by atoms with Gasteiger partial charge in [0.25, 0.3) is 5.91 Å². The summed E-state index contributed by atoms with van der Waals surface area (Å²) in [5.74, 6) is -0.0461. The number of nitrogen functional groups attached to an aromatic ring is 1. The van der Waals surface area contributed by atoms with E-state index in [0.717, 1.165) is 14.5 Å². The van der Waals surface area contributed by atoms with Gasteiger partial charge in [0.15, 0.2) is 0 Å². The summed E-state index contributed by atoms with van der Waals surface area (Å²) in [7, 11) is 1.77. The number of anilines is 1. The molecule has 3 nitrogen and oxygen atoms in total. The first-order valence-corrected chi connectivity index (χ1v) is 7.61. The molecule has 0 saturated heterocycles. The highest BCUT2D eigenvalue weighted by molar-refractivity contribution is 9.11. The van der Waals surface area contributed by atoms with Crippen molar-refractivity contribution in [3.05, 3.63) is 62.5 Å². The van der Waals surface area contributed by atoms with Crippen LogP contribution in [-0.4, -0.2) is 17.9 Å². The Hall–Kier alpha value is -1.33. The average Bonchev–Trinajstić information content (AvgIpc) is 2.39. The highest BCUT2D eigenvalue weighted by atomic mass is 79.9. The Kier molecular flexibility index (Phi) is 4.83. The van der Waals surface area contributed by atoms with Crippen molar-refractivity contribution in [3.63, 3.8) is 0 Å². The van der Waals surface area contributed by atoms with E-state index in [0.29, 0.717) is 17.8 Å². The molecule has 0 aliphatic carbocycles. The molecule has 0 fully saturated rings. The molecule has 20 heavy (non-hydrogen) atoms. The molecule has 0 spiro atoms. The second-order valence-electron chi connectivity index (χ2n) is 4.52. The first-order chi connectivity index (χ1) is 9.47. The largest absolute Gasteiger partial charge is 0.398 e. The zero-order valence-corrected chi connectivity index (χ0v) is 14.1. The maximum absolute atomic E-state index is 12.4. The number of amides is 1. The molecule has 1 amide bonds. The van der Waals surface area contributed by atoms with Gasteiger partial charge in [-0.1, -0.05) is 50.1 Å². The van der Waals surface area contributed by atoms with E-state index >= 15 is 0 Å². The third-order valence-electron chi connectivity index (χ3n) is 2.92. The molecule has 0 radical (unpaired) electrons. The summed E-state index contributed by atoms with van der Waals surface area (Å²) < 4.78 is 1.73. The number of halogens is 2. The number of rotatable bonds is 3. The lowest BCUT2D eigenvalue weighted by molar-refractivity contribution is 0.0785. The van der Waals surface area contributed by atoms with Gasteiger partial charge in [-0.05, 0) is 29.8 Å². The molecular formula is C15H14Br2N2O. The molecule has 0 unspecified atom stereocenters. The molecule has 0 heterocycles. The Morgan fingerprint density at radius 1 is 1.15 bits per heavy atom. The third kappa shape index (κ3) is 3.61. The van der Waals surface area contributed by atoms with Crippen LogP contribution in [0.1, 0.15) is 15.9 Å². The van der Waals surface area contributed by atoms with Gasteiger partial charge in [-0.2, -0.15) is 0 Å². The molecule has 104 valence electrons. The third-order valence-corrected chi connectivity index (χ3v) is 3.83. The summed E-state index contributed by atoms with van der Waals surface area (Å²) in [4.78, 5) is 14.1. The molecule has 0 bridgehead atoms. The van der Waals surface area contributed by atoms with Crippen LogP contribution in [0.15, 0.2) is 51.4 Å². The number of nitrogens with zero attached hydrogens (tertiary/aromatic N) is 1. The summed E-state index contributed by atoms with van der Waals surface area (Å²) >= 11 is 6.78. The molecule has 2 N–H and O–H groups in total. The van der Waals surface area contributed by atoms with Crippen LogP contribution < -0.4 is 5.73 Å². The van der Waals surface area contributed by atoms with Gasteiger partial charge in [-0.25, -0.2) is 0 Å². The molecule has 2 aromatic carbocycles. The second kappa shape index (κ2) is 6.41. The number of nitrogens with two attached hydrogens (primary N) is 1. The minimum Gasteiger partial charge on any atom is -0.398 e. The Morgan fingerprint density at radius 2 is 1.75 bits per heavy atom. The summed E-state index contributed by atoms with van der Waals surface area (Å²) in [5.41, 5.74) is 8.17. The number of hydrogen-bond donors (Lipinski definition) is 1. The van der Waals surface area contributed by atoms with Gasteiger partial charge < -0.3 is 10.6 Å². The van der Waals surface area contributed by atoms with E-state index in [-0.39, 0.29) is 5.91 Å². The Balaban J connectivity index is 2.18. The molecule has 5 heteroatoms. The van der Waals surface area contributed by atoms with E-state index in [1.54, 1.807) is 24.1 Å². The Bertz CT molecular complexity index is 623. The molecule has 0 aliphatic rings. The molecule has 0 saturated carbocycles. The first-order valence-electron chi connectivity index (χ1n) is 6.02. The predicted molar refractivity (Wildman–Crippen MR) is 88.5 cm³/mol. The monoisotopic (exact) mass is 396 g/mol. The van der Waals surface area contributed by atoms with Crippen molar-refractivity contribution in [2.45, 2.75) is 6.54 Å². The van der Waals surface area contributed by atoms with Crippen LogP contribution in [0.3, 0.4) is 0 Å². The maximum Gasteiger partial charge on any atom is 0.253 e. The van der Waals surface area contributed by atoms with E-state index in [1.807, 2.05) is 30.3 Å². The zero-order valence-electron chi connectivity index (χ0n) is 10.9. The minimum absolute atomic E-state index is 0.0461. The number of hydrogen-bond acceptors (Lipinski definition) is 2. The number of carbonyl (C=O) groups is 1. The van der Waals surface area contributed by atoms with Gasteiger partial charge in [0.2, 0.25) is 0 Å². The Morgan fingerprint density at radius 3 is 2.35 bits per heavy atom. The van der Waals surface area contributed by atoms with Crippen molar-refractivity contribution in [3.8, 4) is 0 Å². The fourth-order valence-electron chi connectivity index (χ4n) is 1.90. The van der Waals surface area contributed by atoms with Crippen molar-refractivity contribution in [1.29, 1.82) is 0 Å². The van der Waals surface area contributed by atoms with Crippen LogP contribution >= 0.6 is 31.9 Å². The molecule has 2 rings (SSSR count). The van der Waals surface area contributed by atoms with Gasteiger partial charge in [0.1, 0.15) is 0 Å². The van der Waals surface area contributed by atoms with Crippen LogP contribution in [0.25, 0.3) is 0 Å². The van der Waals surface area contributed by atoms with Crippen molar-refractivity contribution in [2.75, 3.05) is 12.8 Å². The van der Waals surface area contributed by atoms with E-state index < -0.39 is 0 Å². The lowest BCUT2D eigenvalue weighted by Crippen LogP contribution is -2.26. The SMILES string of the molecule is CN(Cc1ccccc1N)C(=O)c1cc(Br)cc(Br)c1. The van der Waals surface area contributed by atoms with Gasteiger partial charge in [0, 0.05) is 33.8 Å². The van der Waals surface area contributed by atoms with Gasteiger partial charge in [-0.3, -0.25) is 4.79 Å². The fourth-order valence-corrected chi connectivity index (χ4v) is 3.20. The molecule has 0 atom stereocenters. The quantitative estimate of drug-likeness (QED) is 0.793. The highest BCUT2D eigenvalue weighted by Crippen LogP contribution is 2.22. The van der Waals surface area contributed by atoms with Crippen molar-refractivity contribution < 1.29 is 4.79 Å². The minimum atomic E-state index is -0.0461. The molecule has 0 aromatic heterocycles. The number of carbonyl (C=O) groups excluding carboxylic acids is 1. The van der Waals surface area contributed by atoms with Gasteiger partial charge in [-0.15, -0.1) is 0 Å². The highest BCUT2D eigenvalue weighted by Gasteiger charge is 2.14. The van der Waals surface area contributed by atoms with E-state index in [1.165, 1.54) is 0 Å².